The summed E-state index contributed by atoms with van der Waals surface area (Å²) in [5, 5.41) is 0. The van der Waals surface area contributed by atoms with Crippen molar-refractivity contribution in [3.63, 3.8) is 0 Å². The van der Waals surface area contributed by atoms with Gasteiger partial charge in [-0.25, -0.2) is 4.79 Å². The van der Waals surface area contributed by atoms with Crippen LogP contribution in [0.25, 0.3) is 0 Å². The fourth-order valence-corrected chi connectivity index (χ4v) is 5.87. The number of rotatable bonds is 7. The fraction of sp³-hybridized carbons (Fsp3) is 0.208. The van der Waals surface area contributed by atoms with E-state index in [0.717, 1.165) is 5.75 Å². The summed E-state index contributed by atoms with van der Waals surface area (Å²) in [5.74, 6) is 1.82. The molecule has 1 heterocycles. The molecule has 30 heavy (non-hydrogen) atoms. The summed E-state index contributed by atoms with van der Waals surface area (Å²) in [6.45, 7) is 0.475. The SMILES string of the molecule is O=C(COc1ccc([S+](c2ccccc2)c2ccccc2)cc1)OC1CSCCO1. The Balaban J connectivity index is 1.42. The Bertz CT molecular complexity index is 887. The van der Waals surface area contributed by atoms with Gasteiger partial charge in [0.2, 0.25) is 6.29 Å². The van der Waals surface area contributed by atoms with Gasteiger partial charge in [0.05, 0.1) is 23.3 Å². The maximum Gasteiger partial charge on any atom is 0.346 e. The number of carbonyl (C=O) groups is 1. The lowest BCUT2D eigenvalue weighted by atomic mass is 10.3. The molecule has 4 rings (SSSR count). The van der Waals surface area contributed by atoms with Crippen LogP contribution in [-0.2, 0) is 25.2 Å². The van der Waals surface area contributed by atoms with Crippen molar-refractivity contribution in [2.75, 3.05) is 24.7 Å². The van der Waals surface area contributed by atoms with Crippen LogP contribution in [-0.4, -0.2) is 37.0 Å². The largest absolute Gasteiger partial charge is 0.482 e. The van der Waals surface area contributed by atoms with E-state index in [4.69, 9.17) is 14.2 Å². The molecule has 1 unspecified atom stereocenters. The summed E-state index contributed by atoms with van der Waals surface area (Å²) < 4.78 is 16.3. The van der Waals surface area contributed by atoms with Gasteiger partial charge >= 0.3 is 5.97 Å². The highest BCUT2D eigenvalue weighted by Gasteiger charge is 2.28. The van der Waals surface area contributed by atoms with E-state index in [1.807, 2.05) is 24.3 Å². The Labute approximate surface area is 183 Å². The normalized spacial score (nSPS) is 16.2. The van der Waals surface area contributed by atoms with E-state index in [2.05, 4.69) is 60.7 Å². The molecule has 0 aliphatic carbocycles. The van der Waals surface area contributed by atoms with Crippen molar-refractivity contribution >= 4 is 28.6 Å². The molecule has 1 saturated heterocycles. The Morgan fingerprint density at radius 3 is 2.07 bits per heavy atom. The van der Waals surface area contributed by atoms with Gasteiger partial charge in [0.1, 0.15) is 5.75 Å². The van der Waals surface area contributed by atoms with Crippen LogP contribution in [0.1, 0.15) is 0 Å². The van der Waals surface area contributed by atoms with Crippen LogP contribution in [0.2, 0.25) is 0 Å². The van der Waals surface area contributed by atoms with Crippen molar-refractivity contribution in [3.8, 4) is 5.75 Å². The molecular weight excluding hydrogens is 416 g/mol. The van der Waals surface area contributed by atoms with Gasteiger partial charge in [0.25, 0.3) is 0 Å². The van der Waals surface area contributed by atoms with E-state index in [1.54, 1.807) is 11.8 Å². The van der Waals surface area contributed by atoms with E-state index in [9.17, 15) is 4.79 Å². The second-order valence-electron chi connectivity index (χ2n) is 6.56. The second-order valence-corrected chi connectivity index (χ2v) is 9.73. The lowest BCUT2D eigenvalue weighted by Gasteiger charge is -2.22. The van der Waals surface area contributed by atoms with Crippen molar-refractivity contribution in [2.24, 2.45) is 0 Å². The Morgan fingerprint density at radius 1 is 0.900 bits per heavy atom. The number of esters is 1. The third-order valence-corrected chi connectivity index (χ3v) is 7.62. The van der Waals surface area contributed by atoms with Crippen LogP contribution >= 0.6 is 11.8 Å². The van der Waals surface area contributed by atoms with Gasteiger partial charge in [-0.3, -0.25) is 0 Å². The topological polar surface area (TPSA) is 44.8 Å². The Morgan fingerprint density at radius 2 is 1.50 bits per heavy atom. The fourth-order valence-electron chi connectivity index (χ4n) is 3.05. The van der Waals surface area contributed by atoms with Crippen molar-refractivity contribution in [2.45, 2.75) is 21.0 Å². The molecule has 0 N–H and O–H groups in total. The predicted octanol–water partition coefficient (Wildman–Crippen LogP) is 4.79. The van der Waals surface area contributed by atoms with Crippen LogP contribution in [0.4, 0.5) is 0 Å². The van der Waals surface area contributed by atoms with Crippen molar-refractivity contribution in [1.29, 1.82) is 0 Å². The summed E-state index contributed by atoms with van der Waals surface area (Å²) in [7, 11) is -0.207. The molecule has 3 aromatic carbocycles. The van der Waals surface area contributed by atoms with E-state index in [1.165, 1.54) is 14.7 Å². The monoisotopic (exact) mass is 439 g/mol. The smallest absolute Gasteiger partial charge is 0.346 e. The third-order valence-electron chi connectivity index (χ3n) is 4.42. The molecule has 0 saturated carbocycles. The minimum Gasteiger partial charge on any atom is -0.482 e. The average molecular weight is 440 g/mol. The maximum atomic E-state index is 12.0. The van der Waals surface area contributed by atoms with Gasteiger partial charge in [0.15, 0.2) is 21.3 Å². The Kier molecular flexibility index (Phi) is 7.34. The molecule has 1 aliphatic rings. The van der Waals surface area contributed by atoms with Crippen LogP contribution < -0.4 is 4.74 Å². The van der Waals surface area contributed by atoms with E-state index < -0.39 is 12.3 Å². The lowest BCUT2D eigenvalue weighted by molar-refractivity contribution is -0.175. The summed E-state index contributed by atoms with van der Waals surface area (Å²) in [5.41, 5.74) is 0. The molecule has 4 nitrogen and oxygen atoms in total. The van der Waals surface area contributed by atoms with Crippen LogP contribution in [0, 0.1) is 0 Å². The van der Waals surface area contributed by atoms with Crippen molar-refractivity contribution in [1.82, 2.24) is 0 Å². The first-order chi connectivity index (χ1) is 14.8. The first kappa shape index (κ1) is 20.8. The molecule has 3 aromatic rings. The quantitative estimate of drug-likeness (QED) is 0.391. The van der Waals surface area contributed by atoms with Crippen LogP contribution in [0.5, 0.6) is 5.75 Å². The van der Waals surface area contributed by atoms with E-state index in [-0.39, 0.29) is 17.5 Å². The number of thioether (sulfide) groups is 1. The molecule has 0 amide bonds. The standard InChI is InChI=1S/C24H23O4S2/c25-23(28-24-18-29-16-15-26-24)17-27-19-11-13-22(14-12-19)30(20-7-3-1-4-8-20)21-9-5-2-6-10-21/h1-14,24H,15-18H2/q+1. The highest BCUT2D eigenvalue weighted by Crippen LogP contribution is 2.31. The van der Waals surface area contributed by atoms with Gasteiger partial charge in [-0.05, 0) is 48.5 Å². The molecular formula is C24H23O4S2+. The van der Waals surface area contributed by atoms with Crippen molar-refractivity contribution in [3.05, 3.63) is 84.9 Å². The van der Waals surface area contributed by atoms with Crippen LogP contribution in [0.3, 0.4) is 0 Å². The summed E-state index contributed by atoms with van der Waals surface area (Å²) in [6, 6.07) is 28.9. The first-order valence-electron chi connectivity index (χ1n) is 9.76. The van der Waals surface area contributed by atoms with Gasteiger partial charge < -0.3 is 14.2 Å². The number of benzene rings is 3. The van der Waals surface area contributed by atoms with Gasteiger partial charge in [-0.2, -0.15) is 11.8 Å². The van der Waals surface area contributed by atoms with E-state index in [0.29, 0.717) is 18.1 Å². The molecule has 154 valence electrons. The van der Waals surface area contributed by atoms with Crippen LogP contribution in [0.15, 0.2) is 99.6 Å². The number of hydrogen-bond acceptors (Lipinski definition) is 5. The molecule has 0 spiro atoms. The third kappa shape index (κ3) is 5.59. The summed E-state index contributed by atoms with van der Waals surface area (Å²) in [4.78, 5) is 15.7. The zero-order valence-electron chi connectivity index (χ0n) is 16.4. The van der Waals surface area contributed by atoms with Gasteiger partial charge in [-0.1, -0.05) is 36.4 Å². The lowest BCUT2D eigenvalue weighted by Crippen LogP contribution is -2.30. The predicted molar refractivity (Wildman–Crippen MR) is 120 cm³/mol. The number of ether oxygens (including phenoxy) is 3. The molecule has 1 aliphatic heterocycles. The minimum atomic E-state index is -0.471. The summed E-state index contributed by atoms with van der Waals surface area (Å²) >= 11 is 1.72. The highest BCUT2D eigenvalue weighted by atomic mass is 32.2. The second kappa shape index (κ2) is 10.6. The highest BCUT2D eigenvalue weighted by molar-refractivity contribution is 7.99. The molecule has 0 bridgehead atoms. The zero-order chi connectivity index (χ0) is 20.6. The van der Waals surface area contributed by atoms with Gasteiger partial charge in [0, 0.05) is 5.75 Å². The first-order valence-corrected chi connectivity index (χ1v) is 12.1. The van der Waals surface area contributed by atoms with Gasteiger partial charge in [-0.15, -0.1) is 0 Å². The molecule has 1 fully saturated rings. The Hall–Kier alpha value is -2.41. The minimum absolute atomic E-state index is 0.132. The maximum absolute atomic E-state index is 12.0. The molecule has 1 atom stereocenters. The average Bonchev–Trinajstić information content (AvgIpc) is 2.81. The molecule has 0 radical (unpaired) electrons. The summed E-state index contributed by atoms with van der Waals surface area (Å²) in [6.07, 6.45) is -0.471. The number of carbonyl (C=O) groups excluding carboxylic acids is 1. The number of hydrogen-bond donors (Lipinski definition) is 0. The van der Waals surface area contributed by atoms with Crippen molar-refractivity contribution < 1.29 is 19.0 Å². The van der Waals surface area contributed by atoms with E-state index >= 15 is 0 Å². The molecule has 6 heteroatoms. The zero-order valence-corrected chi connectivity index (χ0v) is 18.1. The molecule has 0 aromatic heterocycles.